The second-order valence-corrected chi connectivity index (χ2v) is 8.10. The molecule has 3 rings (SSSR count). The zero-order chi connectivity index (χ0) is 25.2. The number of nitrogens with one attached hydrogen (secondary N) is 1. The Morgan fingerprint density at radius 1 is 0.792 bits per heavy atom. The van der Waals surface area contributed by atoms with Crippen molar-refractivity contribution in [3.8, 4) is 0 Å². The van der Waals surface area contributed by atoms with Crippen LogP contribution >= 0.6 is 0 Å². The van der Waals surface area contributed by atoms with E-state index in [0.29, 0.717) is 5.69 Å². The molecular weight excluding hydrogens is 290 g/mol. The van der Waals surface area contributed by atoms with Crippen LogP contribution in [0.5, 0.6) is 0 Å². The van der Waals surface area contributed by atoms with Gasteiger partial charge in [-0.2, -0.15) is 0 Å². The Balaban J connectivity index is 2.20. The third-order valence-corrected chi connectivity index (χ3v) is 5.29. The second-order valence-electron chi connectivity index (χ2n) is 8.10. The molecule has 2 aromatic carbocycles. The van der Waals surface area contributed by atoms with Crippen LogP contribution in [0.1, 0.15) is 80.7 Å². The quantitative estimate of drug-likeness (QED) is 0.645. The van der Waals surface area contributed by atoms with Crippen molar-refractivity contribution >= 4 is 11.4 Å². The van der Waals surface area contributed by atoms with Crippen molar-refractivity contribution in [1.82, 2.24) is 0 Å². The van der Waals surface area contributed by atoms with E-state index in [2.05, 4.69) is 33.0 Å². The lowest BCUT2D eigenvalue weighted by molar-refractivity contribution is 0.332. The van der Waals surface area contributed by atoms with Gasteiger partial charge in [0.25, 0.3) is 0 Å². The SMILES string of the molecule is [2H]C([2H])([2H])c1cc(C([2H])([2H])[2H])c(C([2H])([2H])[2H])cc1Nc1ccc2c(c1)C(C)(C)CCC2(C)C. The van der Waals surface area contributed by atoms with Crippen LogP contribution in [-0.2, 0) is 10.8 Å². The summed E-state index contributed by atoms with van der Waals surface area (Å²) in [6.45, 7) is 0.658. The van der Waals surface area contributed by atoms with Gasteiger partial charge in [0, 0.05) is 23.7 Å². The highest BCUT2D eigenvalue weighted by Gasteiger charge is 2.36. The lowest BCUT2D eigenvalue weighted by Crippen LogP contribution is -2.33. The minimum Gasteiger partial charge on any atom is -0.355 e. The molecule has 0 spiro atoms. The summed E-state index contributed by atoms with van der Waals surface area (Å²) in [6.07, 6.45) is 2.06. The normalized spacial score (nSPS) is 25.2. The fraction of sp³-hybridized carbons (Fsp3) is 0.478. The summed E-state index contributed by atoms with van der Waals surface area (Å²) in [5.41, 5.74) is 1.98. The molecule has 1 aliphatic carbocycles. The highest BCUT2D eigenvalue weighted by molar-refractivity contribution is 5.66. The molecule has 2 aromatic rings. The molecule has 128 valence electrons. The van der Waals surface area contributed by atoms with Crippen molar-refractivity contribution in [3.05, 3.63) is 58.1 Å². The van der Waals surface area contributed by atoms with Gasteiger partial charge >= 0.3 is 0 Å². The van der Waals surface area contributed by atoms with Crippen LogP contribution in [0.25, 0.3) is 0 Å². The largest absolute Gasteiger partial charge is 0.355 e. The van der Waals surface area contributed by atoms with E-state index in [-0.39, 0.29) is 27.6 Å². The third-order valence-electron chi connectivity index (χ3n) is 5.29. The molecule has 0 aliphatic heterocycles. The lowest BCUT2D eigenvalue weighted by atomic mass is 9.63. The smallest absolute Gasteiger partial charge is 0.0416 e. The fourth-order valence-electron chi connectivity index (χ4n) is 3.53. The Bertz CT molecular complexity index is 1060. The summed E-state index contributed by atoms with van der Waals surface area (Å²) in [7, 11) is 0. The average Bonchev–Trinajstić information content (AvgIpc) is 2.63. The van der Waals surface area contributed by atoms with Gasteiger partial charge in [0.15, 0.2) is 0 Å². The van der Waals surface area contributed by atoms with Gasteiger partial charge in [-0.05, 0) is 90.2 Å². The Morgan fingerprint density at radius 2 is 1.42 bits per heavy atom. The first kappa shape index (κ1) is 9.08. The second kappa shape index (κ2) is 5.65. The summed E-state index contributed by atoms with van der Waals surface area (Å²) in [5, 5.41) is 3.09. The molecular formula is C23H31N. The fourth-order valence-corrected chi connectivity index (χ4v) is 3.53. The zero-order valence-electron chi connectivity index (χ0n) is 23.8. The number of anilines is 2. The molecule has 0 fully saturated rings. The van der Waals surface area contributed by atoms with Gasteiger partial charge in [-0.3, -0.25) is 0 Å². The average molecular weight is 331 g/mol. The molecule has 1 heteroatoms. The molecule has 0 atom stereocenters. The van der Waals surface area contributed by atoms with Crippen LogP contribution in [-0.4, -0.2) is 0 Å². The maximum absolute atomic E-state index is 7.94. The predicted molar refractivity (Wildman–Crippen MR) is 106 cm³/mol. The summed E-state index contributed by atoms with van der Waals surface area (Å²) in [4.78, 5) is 0. The molecule has 0 unspecified atom stereocenters. The van der Waals surface area contributed by atoms with Crippen LogP contribution in [0.15, 0.2) is 30.3 Å². The van der Waals surface area contributed by atoms with Crippen LogP contribution in [0, 0.1) is 20.6 Å². The first-order chi connectivity index (χ1) is 14.7. The molecule has 0 aromatic heterocycles. The van der Waals surface area contributed by atoms with Gasteiger partial charge in [0.05, 0.1) is 0 Å². The van der Waals surface area contributed by atoms with Crippen LogP contribution in [0.2, 0.25) is 0 Å². The van der Waals surface area contributed by atoms with Crippen molar-refractivity contribution < 1.29 is 12.3 Å². The molecule has 0 radical (unpaired) electrons. The summed E-state index contributed by atoms with van der Waals surface area (Å²) in [6, 6.07) is 8.04. The van der Waals surface area contributed by atoms with Crippen molar-refractivity contribution in [3.63, 3.8) is 0 Å². The Hall–Kier alpha value is -1.76. The number of hydrogen-bond donors (Lipinski definition) is 1. The molecule has 0 amide bonds. The van der Waals surface area contributed by atoms with Gasteiger partial charge in [-0.1, -0.05) is 39.8 Å². The summed E-state index contributed by atoms with van der Waals surface area (Å²) in [5.74, 6) is 0. The lowest BCUT2D eigenvalue weighted by Gasteiger charge is -2.42. The van der Waals surface area contributed by atoms with Gasteiger partial charge < -0.3 is 5.32 Å². The highest BCUT2D eigenvalue weighted by atomic mass is 14.9. The van der Waals surface area contributed by atoms with E-state index in [1.807, 2.05) is 18.2 Å². The Kier molecular flexibility index (Phi) is 2.14. The highest BCUT2D eigenvalue weighted by Crippen LogP contribution is 2.46. The Morgan fingerprint density at radius 3 is 2.08 bits per heavy atom. The maximum atomic E-state index is 7.94. The van der Waals surface area contributed by atoms with E-state index in [1.54, 1.807) is 0 Å². The minimum atomic E-state index is -2.76. The first-order valence-corrected chi connectivity index (χ1v) is 8.35. The molecule has 1 N–H and O–H groups in total. The topological polar surface area (TPSA) is 12.0 Å². The Labute approximate surface area is 160 Å². The van der Waals surface area contributed by atoms with Gasteiger partial charge in [0.2, 0.25) is 0 Å². The molecule has 24 heavy (non-hydrogen) atoms. The standard InChI is InChI=1S/C23H31N/c1-15-12-17(3)21(13-16(15)2)24-18-8-9-19-20(14-18)23(6,7)11-10-22(19,4)5/h8-9,12-14,24H,10-11H2,1-7H3/i1D3,2D3,3D3. The van der Waals surface area contributed by atoms with E-state index < -0.39 is 26.1 Å². The summed E-state index contributed by atoms with van der Waals surface area (Å²) >= 11 is 0. The van der Waals surface area contributed by atoms with E-state index in [0.717, 1.165) is 30.5 Å². The van der Waals surface area contributed by atoms with Crippen molar-refractivity contribution in [2.45, 2.75) is 71.9 Å². The molecule has 0 saturated heterocycles. The van der Waals surface area contributed by atoms with E-state index in [4.69, 9.17) is 12.3 Å². The maximum Gasteiger partial charge on any atom is 0.0416 e. The number of benzene rings is 2. The number of hydrogen-bond acceptors (Lipinski definition) is 1. The number of aryl methyl sites for hydroxylation is 3. The molecule has 0 heterocycles. The molecule has 1 aliphatic rings. The van der Waals surface area contributed by atoms with Crippen molar-refractivity contribution in [2.75, 3.05) is 5.32 Å². The van der Waals surface area contributed by atoms with Gasteiger partial charge in [0.1, 0.15) is 0 Å². The first-order valence-electron chi connectivity index (χ1n) is 12.8. The zero-order valence-corrected chi connectivity index (χ0v) is 14.8. The molecule has 1 nitrogen and oxygen atoms in total. The van der Waals surface area contributed by atoms with E-state index in [9.17, 15) is 0 Å². The minimum absolute atomic E-state index is 0.0169. The van der Waals surface area contributed by atoms with Crippen LogP contribution in [0.3, 0.4) is 0 Å². The van der Waals surface area contributed by atoms with Crippen molar-refractivity contribution in [2.24, 2.45) is 0 Å². The number of fused-ring (bicyclic) bond motifs is 1. The monoisotopic (exact) mass is 330 g/mol. The molecule has 0 saturated carbocycles. The number of rotatable bonds is 2. The van der Waals surface area contributed by atoms with Crippen molar-refractivity contribution in [1.29, 1.82) is 0 Å². The van der Waals surface area contributed by atoms with Crippen LogP contribution in [0.4, 0.5) is 11.4 Å². The third kappa shape index (κ3) is 2.97. The van der Waals surface area contributed by atoms with Gasteiger partial charge in [-0.25, -0.2) is 0 Å². The van der Waals surface area contributed by atoms with E-state index in [1.165, 1.54) is 5.56 Å². The summed E-state index contributed by atoms with van der Waals surface area (Å²) < 4.78 is 70.6. The predicted octanol–water partition coefficient (Wildman–Crippen LogP) is 6.70. The van der Waals surface area contributed by atoms with Crippen LogP contribution < -0.4 is 5.32 Å². The van der Waals surface area contributed by atoms with E-state index >= 15 is 0 Å². The molecule has 0 bridgehead atoms. The van der Waals surface area contributed by atoms with Gasteiger partial charge in [-0.15, -0.1) is 0 Å².